The normalized spacial score (nSPS) is 11.2. The van der Waals surface area contributed by atoms with E-state index < -0.39 is 0 Å². The molecule has 98 valence electrons. The highest BCUT2D eigenvalue weighted by Crippen LogP contribution is 2.11. The number of unbranched alkanes of at least 4 members (excludes halogenated alkanes) is 5. The lowest BCUT2D eigenvalue weighted by molar-refractivity contribution is -0.140. The lowest BCUT2D eigenvalue weighted by atomic mass is 10.1. The predicted octanol–water partition coefficient (Wildman–Crippen LogP) is 4.55. The highest BCUT2D eigenvalue weighted by molar-refractivity contribution is 14.1. The SMILES string of the molecule is CCOC(CCCCCCCCI)OCC. The Balaban J connectivity index is 3.25. The fourth-order valence-electron chi connectivity index (χ4n) is 1.70. The molecule has 0 unspecified atom stereocenters. The molecule has 16 heavy (non-hydrogen) atoms. The summed E-state index contributed by atoms with van der Waals surface area (Å²) in [6.45, 7) is 5.55. The Morgan fingerprint density at radius 3 is 1.81 bits per heavy atom. The maximum absolute atomic E-state index is 5.50. The molecule has 0 aliphatic heterocycles. The van der Waals surface area contributed by atoms with E-state index in [1.165, 1.54) is 43.0 Å². The Hall–Kier alpha value is 0.650. The van der Waals surface area contributed by atoms with Crippen LogP contribution in [0.2, 0.25) is 0 Å². The number of hydrogen-bond donors (Lipinski definition) is 0. The van der Waals surface area contributed by atoms with Crippen molar-refractivity contribution in [2.24, 2.45) is 0 Å². The first-order valence-corrected chi connectivity index (χ1v) is 8.16. The largest absolute Gasteiger partial charge is 0.353 e. The van der Waals surface area contributed by atoms with Gasteiger partial charge in [-0.1, -0.05) is 48.3 Å². The fourth-order valence-corrected chi connectivity index (χ4v) is 2.24. The Morgan fingerprint density at radius 1 is 0.812 bits per heavy atom. The van der Waals surface area contributed by atoms with E-state index >= 15 is 0 Å². The van der Waals surface area contributed by atoms with E-state index in [4.69, 9.17) is 9.47 Å². The maximum Gasteiger partial charge on any atom is 0.157 e. The van der Waals surface area contributed by atoms with Gasteiger partial charge in [0.25, 0.3) is 0 Å². The standard InChI is InChI=1S/C13H27IO2/c1-3-15-13(16-4-2)11-9-7-5-6-8-10-12-14/h13H,3-12H2,1-2H3. The van der Waals surface area contributed by atoms with Crippen molar-refractivity contribution < 1.29 is 9.47 Å². The third kappa shape index (κ3) is 11.1. The van der Waals surface area contributed by atoms with E-state index in [-0.39, 0.29) is 6.29 Å². The van der Waals surface area contributed by atoms with Crippen molar-refractivity contribution in [1.29, 1.82) is 0 Å². The summed E-state index contributed by atoms with van der Waals surface area (Å²) >= 11 is 2.45. The van der Waals surface area contributed by atoms with E-state index in [0.717, 1.165) is 19.6 Å². The molecule has 0 aliphatic carbocycles. The summed E-state index contributed by atoms with van der Waals surface area (Å²) in [5, 5.41) is 0. The van der Waals surface area contributed by atoms with E-state index in [1.54, 1.807) is 0 Å². The highest BCUT2D eigenvalue weighted by atomic mass is 127. The monoisotopic (exact) mass is 342 g/mol. The third-order valence-electron chi connectivity index (χ3n) is 2.53. The molecule has 0 amide bonds. The number of halogens is 1. The summed E-state index contributed by atoms with van der Waals surface area (Å²) in [6.07, 6.45) is 9.15. The van der Waals surface area contributed by atoms with Crippen molar-refractivity contribution in [1.82, 2.24) is 0 Å². The van der Waals surface area contributed by atoms with Gasteiger partial charge in [0.15, 0.2) is 6.29 Å². The van der Waals surface area contributed by atoms with Gasteiger partial charge in [0.2, 0.25) is 0 Å². The third-order valence-corrected chi connectivity index (χ3v) is 3.29. The number of alkyl halides is 1. The summed E-state index contributed by atoms with van der Waals surface area (Å²) in [5.74, 6) is 0. The average Bonchev–Trinajstić information content (AvgIpc) is 2.28. The van der Waals surface area contributed by atoms with Crippen molar-refractivity contribution in [2.75, 3.05) is 17.6 Å². The van der Waals surface area contributed by atoms with Gasteiger partial charge in [-0.2, -0.15) is 0 Å². The Labute approximate surface area is 115 Å². The number of ether oxygens (including phenoxy) is 2. The summed E-state index contributed by atoms with van der Waals surface area (Å²) in [7, 11) is 0. The van der Waals surface area contributed by atoms with Gasteiger partial charge >= 0.3 is 0 Å². The molecule has 0 saturated heterocycles. The Kier molecular flexibility index (Phi) is 14.3. The van der Waals surface area contributed by atoms with Crippen LogP contribution in [0.4, 0.5) is 0 Å². The van der Waals surface area contributed by atoms with Crippen molar-refractivity contribution >= 4 is 22.6 Å². The van der Waals surface area contributed by atoms with Gasteiger partial charge in [-0.3, -0.25) is 0 Å². The molecule has 0 radical (unpaired) electrons. The van der Waals surface area contributed by atoms with Crippen molar-refractivity contribution in [3.05, 3.63) is 0 Å². The first-order chi connectivity index (χ1) is 7.85. The van der Waals surface area contributed by atoms with Crippen LogP contribution in [0, 0.1) is 0 Å². The first-order valence-electron chi connectivity index (χ1n) is 6.64. The zero-order chi connectivity index (χ0) is 12.1. The number of rotatable bonds is 12. The van der Waals surface area contributed by atoms with Crippen LogP contribution < -0.4 is 0 Å². The molecular formula is C13H27IO2. The molecule has 0 aromatic carbocycles. The second-order valence-electron chi connectivity index (χ2n) is 3.94. The molecule has 0 aromatic heterocycles. The van der Waals surface area contributed by atoms with Crippen molar-refractivity contribution in [3.8, 4) is 0 Å². The van der Waals surface area contributed by atoms with Crippen LogP contribution >= 0.6 is 22.6 Å². The second-order valence-corrected chi connectivity index (χ2v) is 5.02. The molecule has 2 nitrogen and oxygen atoms in total. The topological polar surface area (TPSA) is 18.5 Å². The van der Waals surface area contributed by atoms with Gasteiger partial charge in [-0.15, -0.1) is 0 Å². The molecule has 0 N–H and O–H groups in total. The maximum atomic E-state index is 5.50. The van der Waals surface area contributed by atoms with Gasteiger partial charge in [0.1, 0.15) is 0 Å². The van der Waals surface area contributed by atoms with Gasteiger partial charge in [-0.05, 0) is 37.5 Å². The summed E-state index contributed by atoms with van der Waals surface area (Å²) in [4.78, 5) is 0. The van der Waals surface area contributed by atoms with Gasteiger partial charge < -0.3 is 9.47 Å². The van der Waals surface area contributed by atoms with Crippen molar-refractivity contribution in [2.45, 2.75) is 65.1 Å². The Bertz CT molecular complexity index is 125. The molecule has 0 bridgehead atoms. The minimum absolute atomic E-state index is 0.0318. The van der Waals surface area contributed by atoms with Crippen LogP contribution in [-0.2, 0) is 9.47 Å². The predicted molar refractivity (Wildman–Crippen MR) is 78.2 cm³/mol. The van der Waals surface area contributed by atoms with Crippen LogP contribution in [0.25, 0.3) is 0 Å². The summed E-state index contributed by atoms with van der Waals surface area (Å²) in [5.41, 5.74) is 0. The molecule has 0 saturated carbocycles. The molecule has 0 fully saturated rings. The van der Waals surface area contributed by atoms with Crippen LogP contribution in [0.1, 0.15) is 58.8 Å². The fraction of sp³-hybridized carbons (Fsp3) is 1.00. The van der Waals surface area contributed by atoms with Crippen LogP contribution in [-0.4, -0.2) is 23.9 Å². The van der Waals surface area contributed by atoms with Gasteiger partial charge in [0.05, 0.1) is 0 Å². The summed E-state index contributed by atoms with van der Waals surface area (Å²) < 4.78 is 12.3. The molecule has 3 heteroatoms. The molecule has 0 atom stereocenters. The summed E-state index contributed by atoms with van der Waals surface area (Å²) in [6, 6.07) is 0. The molecule has 0 spiro atoms. The smallest absolute Gasteiger partial charge is 0.157 e. The molecule has 0 aromatic rings. The second kappa shape index (κ2) is 13.7. The molecule has 0 heterocycles. The zero-order valence-electron chi connectivity index (χ0n) is 10.8. The zero-order valence-corrected chi connectivity index (χ0v) is 13.0. The molecule has 0 aliphatic rings. The quantitative estimate of drug-likeness (QED) is 0.224. The average molecular weight is 342 g/mol. The van der Waals surface area contributed by atoms with Crippen LogP contribution in [0.3, 0.4) is 0 Å². The lowest BCUT2D eigenvalue weighted by Gasteiger charge is -2.16. The molecular weight excluding hydrogens is 315 g/mol. The molecule has 0 rings (SSSR count). The van der Waals surface area contributed by atoms with E-state index in [9.17, 15) is 0 Å². The van der Waals surface area contributed by atoms with Gasteiger partial charge in [-0.25, -0.2) is 0 Å². The van der Waals surface area contributed by atoms with Crippen LogP contribution in [0.5, 0.6) is 0 Å². The van der Waals surface area contributed by atoms with Crippen molar-refractivity contribution in [3.63, 3.8) is 0 Å². The highest BCUT2D eigenvalue weighted by Gasteiger charge is 2.06. The minimum Gasteiger partial charge on any atom is -0.353 e. The van der Waals surface area contributed by atoms with E-state index in [2.05, 4.69) is 22.6 Å². The van der Waals surface area contributed by atoms with Gasteiger partial charge in [0, 0.05) is 13.2 Å². The Morgan fingerprint density at radius 2 is 1.31 bits per heavy atom. The van der Waals surface area contributed by atoms with E-state index in [1.807, 2.05) is 13.8 Å². The van der Waals surface area contributed by atoms with Crippen LogP contribution in [0.15, 0.2) is 0 Å². The first kappa shape index (κ1) is 16.6. The minimum atomic E-state index is 0.0318. The number of hydrogen-bond acceptors (Lipinski definition) is 2. The lowest BCUT2D eigenvalue weighted by Crippen LogP contribution is -2.17. The van der Waals surface area contributed by atoms with E-state index in [0.29, 0.717) is 0 Å².